The molecule has 2 saturated carbocycles. The SMILES string of the molecule is COCC(COC)(COC(C)(C)C1CCCCC1)C1CCCCC1. The highest BCUT2D eigenvalue weighted by Gasteiger charge is 2.42. The first-order valence-electron chi connectivity index (χ1n) is 10.2. The van der Waals surface area contributed by atoms with Crippen molar-refractivity contribution in [2.45, 2.75) is 83.7 Å². The number of rotatable bonds is 9. The van der Waals surface area contributed by atoms with Crippen molar-refractivity contribution in [1.82, 2.24) is 0 Å². The molecule has 142 valence electrons. The van der Waals surface area contributed by atoms with Crippen LogP contribution in [0.5, 0.6) is 0 Å². The summed E-state index contributed by atoms with van der Waals surface area (Å²) in [5.41, 5.74) is -0.0301. The molecule has 0 atom stereocenters. The summed E-state index contributed by atoms with van der Waals surface area (Å²) in [7, 11) is 3.64. The smallest absolute Gasteiger partial charge is 0.0654 e. The zero-order chi connectivity index (χ0) is 17.5. The Bertz CT molecular complexity index is 335. The summed E-state index contributed by atoms with van der Waals surface area (Å²) in [4.78, 5) is 0. The van der Waals surface area contributed by atoms with Crippen LogP contribution in [0.3, 0.4) is 0 Å². The lowest BCUT2D eigenvalue weighted by atomic mass is 9.69. The monoisotopic (exact) mass is 340 g/mol. The Labute approximate surface area is 149 Å². The van der Waals surface area contributed by atoms with E-state index in [1.165, 1.54) is 64.2 Å². The lowest BCUT2D eigenvalue weighted by Crippen LogP contribution is -2.48. The molecule has 0 saturated heterocycles. The van der Waals surface area contributed by atoms with Gasteiger partial charge in [0.1, 0.15) is 0 Å². The van der Waals surface area contributed by atoms with Crippen molar-refractivity contribution < 1.29 is 14.2 Å². The van der Waals surface area contributed by atoms with Crippen LogP contribution in [0.4, 0.5) is 0 Å². The molecule has 2 aliphatic carbocycles. The number of methoxy groups -OCH3 is 2. The van der Waals surface area contributed by atoms with Crippen LogP contribution < -0.4 is 0 Å². The van der Waals surface area contributed by atoms with Crippen LogP contribution in [0.25, 0.3) is 0 Å². The molecule has 0 amide bonds. The molecule has 2 fully saturated rings. The van der Waals surface area contributed by atoms with Gasteiger partial charge in [0.05, 0.1) is 25.4 Å². The summed E-state index contributed by atoms with van der Waals surface area (Å²) >= 11 is 0. The van der Waals surface area contributed by atoms with E-state index in [4.69, 9.17) is 14.2 Å². The predicted molar refractivity (Wildman–Crippen MR) is 99.4 cm³/mol. The Morgan fingerprint density at radius 3 is 1.58 bits per heavy atom. The first kappa shape index (κ1) is 20.2. The van der Waals surface area contributed by atoms with Gasteiger partial charge in [-0.1, -0.05) is 38.5 Å². The van der Waals surface area contributed by atoms with Gasteiger partial charge in [-0.3, -0.25) is 0 Å². The van der Waals surface area contributed by atoms with E-state index in [2.05, 4.69) is 13.8 Å². The molecule has 2 rings (SSSR count). The summed E-state index contributed by atoms with van der Waals surface area (Å²) in [5.74, 6) is 1.36. The van der Waals surface area contributed by atoms with Gasteiger partial charge in [0.2, 0.25) is 0 Å². The average Bonchev–Trinajstić information content (AvgIpc) is 2.62. The molecule has 3 nitrogen and oxygen atoms in total. The van der Waals surface area contributed by atoms with Crippen molar-refractivity contribution in [2.24, 2.45) is 17.3 Å². The van der Waals surface area contributed by atoms with Crippen molar-refractivity contribution >= 4 is 0 Å². The zero-order valence-electron chi connectivity index (χ0n) is 16.6. The van der Waals surface area contributed by atoms with Crippen molar-refractivity contribution in [2.75, 3.05) is 34.0 Å². The van der Waals surface area contributed by atoms with Crippen molar-refractivity contribution in [3.8, 4) is 0 Å². The molecule has 0 spiro atoms. The van der Waals surface area contributed by atoms with E-state index in [1.807, 2.05) is 14.2 Å². The van der Waals surface area contributed by atoms with Gasteiger partial charge >= 0.3 is 0 Å². The van der Waals surface area contributed by atoms with E-state index in [0.717, 1.165) is 19.8 Å². The maximum absolute atomic E-state index is 6.63. The molecule has 0 aromatic carbocycles. The van der Waals surface area contributed by atoms with Crippen LogP contribution in [-0.2, 0) is 14.2 Å². The maximum atomic E-state index is 6.63. The fourth-order valence-electron chi connectivity index (χ4n) is 5.01. The normalized spacial score (nSPS) is 22.0. The molecule has 0 aliphatic heterocycles. The topological polar surface area (TPSA) is 27.7 Å². The van der Waals surface area contributed by atoms with Crippen LogP contribution in [0, 0.1) is 17.3 Å². The molecule has 0 aromatic heterocycles. The van der Waals surface area contributed by atoms with Gasteiger partial charge in [-0.2, -0.15) is 0 Å². The van der Waals surface area contributed by atoms with Crippen LogP contribution in [0.1, 0.15) is 78.1 Å². The fraction of sp³-hybridized carbons (Fsp3) is 1.00. The molecule has 0 radical (unpaired) electrons. The molecule has 0 aromatic rings. The fourth-order valence-corrected chi connectivity index (χ4v) is 5.01. The van der Waals surface area contributed by atoms with E-state index in [1.54, 1.807) is 0 Å². The predicted octanol–water partition coefficient (Wildman–Crippen LogP) is 5.22. The Morgan fingerprint density at radius 2 is 1.12 bits per heavy atom. The van der Waals surface area contributed by atoms with E-state index in [0.29, 0.717) is 11.8 Å². The second-order valence-corrected chi connectivity index (χ2v) is 8.79. The Morgan fingerprint density at radius 1 is 0.667 bits per heavy atom. The van der Waals surface area contributed by atoms with Gasteiger partial charge in [-0.05, 0) is 51.4 Å². The molecule has 2 aliphatic rings. The zero-order valence-corrected chi connectivity index (χ0v) is 16.6. The number of hydrogen-bond donors (Lipinski definition) is 0. The van der Waals surface area contributed by atoms with Crippen molar-refractivity contribution in [1.29, 1.82) is 0 Å². The second kappa shape index (κ2) is 9.54. The Hall–Kier alpha value is -0.120. The quantitative estimate of drug-likeness (QED) is 0.576. The second-order valence-electron chi connectivity index (χ2n) is 8.79. The standard InChI is InChI=1S/C21H40O3/c1-20(2,18-11-7-5-8-12-18)24-17-21(15-22-3,16-23-4)19-13-9-6-10-14-19/h18-19H,5-17H2,1-4H3. The Kier molecular flexibility index (Phi) is 8.03. The summed E-state index contributed by atoms with van der Waals surface area (Å²) in [6, 6.07) is 0. The Balaban J connectivity index is 2.05. The van der Waals surface area contributed by atoms with E-state index in [9.17, 15) is 0 Å². The maximum Gasteiger partial charge on any atom is 0.0654 e. The van der Waals surface area contributed by atoms with E-state index in [-0.39, 0.29) is 11.0 Å². The van der Waals surface area contributed by atoms with E-state index >= 15 is 0 Å². The summed E-state index contributed by atoms with van der Waals surface area (Å²) in [5, 5.41) is 0. The summed E-state index contributed by atoms with van der Waals surface area (Å²) < 4.78 is 18.0. The summed E-state index contributed by atoms with van der Waals surface area (Å²) in [6.45, 7) is 6.85. The third-order valence-electron chi connectivity index (χ3n) is 6.65. The van der Waals surface area contributed by atoms with Crippen molar-refractivity contribution in [3.63, 3.8) is 0 Å². The van der Waals surface area contributed by atoms with E-state index < -0.39 is 0 Å². The van der Waals surface area contributed by atoms with Gasteiger partial charge in [0, 0.05) is 19.6 Å². The minimum atomic E-state index is -0.0399. The van der Waals surface area contributed by atoms with Gasteiger partial charge < -0.3 is 14.2 Å². The lowest BCUT2D eigenvalue weighted by Gasteiger charge is -2.45. The van der Waals surface area contributed by atoms with Gasteiger partial charge in [-0.15, -0.1) is 0 Å². The molecule has 0 bridgehead atoms. The molecular formula is C21H40O3. The van der Waals surface area contributed by atoms with Crippen LogP contribution in [0.2, 0.25) is 0 Å². The third-order valence-corrected chi connectivity index (χ3v) is 6.65. The molecule has 0 heterocycles. The van der Waals surface area contributed by atoms with Gasteiger partial charge in [0.25, 0.3) is 0 Å². The number of hydrogen-bond acceptors (Lipinski definition) is 3. The average molecular weight is 341 g/mol. The summed E-state index contributed by atoms with van der Waals surface area (Å²) in [6.07, 6.45) is 13.4. The molecule has 24 heavy (non-hydrogen) atoms. The van der Waals surface area contributed by atoms with Crippen LogP contribution >= 0.6 is 0 Å². The van der Waals surface area contributed by atoms with Crippen LogP contribution in [-0.4, -0.2) is 39.6 Å². The highest BCUT2D eigenvalue weighted by molar-refractivity contribution is 4.91. The van der Waals surface area contributed by atoms with Gasteiger partial charge in [0.15, 0.2) is 0 Å². The van der Waals surface area contributed by atoms with Crippen LogP contribution in [0.15, 0.2) is 0 Å². The minimum absolute atomic E-state index is 0.00978. The highest BCUT2D eigenvalue weighted by Crippen LogP contribution is 2.42. The minimum Gasteiger partial charge on any atom is -0.384 e. The molecule has 0 N–H and O–H groups in total. The highest BCUT2D eigenvalue weighted by atomic mass is 16.5. The largest absolute Gasteiger partial charge is 0.384 e. The van der Waals surface area contributed by atoms with Crippen molar-refractivity contribution in [3.05, 3.63) is 0 Å². The third kappa shape index (κ3) is 5.19. The first-order chi connectivity index (χ1) is 11.5. The van der Waals surface area contributed by atoms with Gasteiger partial charge in [-0.25, -0.2) is 0 Å². The lowest BCUT2D eigenvalue weighted by molar-refractivity contribution is -0.149. The first-order valence-corrected chi connectivity index (χ1v) is 10.2. The molecule has 3 heteroatoms. The molecule has 0 unspecified atom stereocenters. The molecular weight excluding hydrogens is 300 g/mol. The number of ether oxygens (including phenoxy) is 3.